The highest BCUT2D eigenvalue weighted by atomic mass is 32.2. The predicted octanol–water partition coefficient (Wildman–Crippen LogP) is 1.52. The average Bonchev–Trinajstić information content (AvgIpc) is 2.90. The Bertz CT molecular complexity index is 822. The molecule has 0 amide bonds. The molecule has 9 heteroatoms. The number of hydrogen-bond donors (Lipinski definition) is 1. The summed E-state index contributed by atoms with van der Waals surface area (Å²) in [5.74, 6) is 0.393. The Hall–Kier alpha value is -1.84. The number of halogens is 1. The van der Waals surface area contributed by atoms with Crippen molar-refractivity contribution >= 4 is 10.0 Å². The summed E-state index contributed by atoms with van der Waals surface area (Å²) in [7, 11) is -2.07. The number of nitrogens with zero attached hydrogens (tertiary/aromatic N) is 3. The third kappa shape index (κ3) is 3.97. The molecule has 3 rings (SSSR count). The second kappa shape index (κ2) is 6.96. The monoisotopic (exact) mass is 354 g/mol. The van der Waals surface area contributed by atoms with E-state index >= 15 is 0 Å². The summed E-state index contributed by atoms with van der Waals surface area (Å²) in [6.07, 6.45) is 1.45. The molecular weight excluding hydrogens is 335 g/mol. The molecule has 24 heavy (non-hydrogen) atoms. The number of aryl methyl sites for hydroxylation is 1. The van der Waals surface area contributed by atoms with Crippen molar-refractivity contribution in [1.29, 1.82) is 0 Å². The summed E-state index contributed by atoms with van der Waals surface area (Å²) >= 11 is 0. The van der Waals surface area contributed by atoms with Crippen LogP contribution in [0.25, 0.3) is 0 Å². The molecule has 2 heterocycles. The number of benzene rings is 1. The number of ether oxygens (including phenoxy) is 1. The van der Waals surface area contributed by atoms with E-state index in [9.17, 15) is 12.8 Å². The lowest BCUT2D eigenvalue weighted by molar-refractivity contribution is 0.177. The maximum Gasteiger partial charge on any atom is 0.216 e. The lowest BCUT2D eigenvalue weighted by Crippen LogP contribution is -2.34. The highest BCUT2D eigenvalue weighted by Gasteiger charge is 2.28. The zero-order valence-corrected chi connectivity index (χ0v) is 14.1. The zero-order valence-electron chi connectivity index (χ0n) is 13.3. The lowest BCUT2D eigenvalue weighted by Gasteiger charge is -2.23. The van der Waals surface area contributed by atoms with Gasteiger partial charge in [-0.2, -0.15) is 5.10 Å². The lowest BCUT2D eigenvalue weighted by atomic mass is 10.1. The topological polar surface area (TPSA) is 86.1 Å². The van der Waals surface area contributed by atoms with Crippen LogP contribution in [0.3, 0.4) is 0 Å². The van der Waals surface area contributed by atoms with E-state index in [0.717, 1.165) is 6.42 Å². The zero-order chi connectivity index (χ0) is 17.2. The number of aromatic nitrogens is 3. The molecule has 1 aliphatic rings. The molecule has 1 unspecified atom stereocenters. The first-order chi connectivity index (χ1) is 11.5. The van der Waals surface area contributed by atoms with Crippen molar-refractivity contribution in [3.8, 4) is 0 Å². The molecule has 1 atom stereocenters. The van der Waals surface area contributed by atoms with Crippen molar-refractivity contribution in [1.82, 2.24) is 19.5 Å². The first-order valence-electron chi connectivity index (χ1n) is 7.64. The fourth-order valence-corrected chi connectivity index (χ4v) is 4.16. The van der Waals surface area contributed by atoms with E-state index in [-0.39, 0.29) is 12.4 Å². The number of sulfonamides is 1. The smallest absolute Gasteiger partial charge is 0.216 e. The van der Waals surface area contributed by atoms with E-state index < -0.39 is 21.9 Å². The molecule has 1 aromatic carbocycles. The molecular formula is C15H19FN4O3S. The Morgan fingerprint density at radius 2 is 2.29 bits per heavy atom. The van der Waals surface area contributed by atoms with Gasteiger partial charge >= 0.3 is 0 Å². The van der Waals surface area contributed by atoms with Crippen LogP contribution in [0.1, 0.15) is 36.1 Å². The van der Waals surface area contributed by atoms with E-state index in [0.29, 0.717) is 30.2 Å². The van der Waals surface area contributed by atoms with Gasteiger partial charge < -0.3 is 4.74 Å². The van der Waals surface area contributed by atoms with E-state index in [2.05, 4.69) is 14.8 Å². The molecule has 0 fully saturated rings. The molecule has 1 N–H and O–H groups in total. The Labute approximate surface area is 139 Å². The minimum Gasteiger partial charge on any atom is -0.377 e. The quantitative estimate of drug-likeness (QED) is 0.850. The summed E-state index contributed by atoms with van der Waals surface area (Å²) in [5.41, 5.74) is 0.403. The third-order valence-corrected chi connectivity index (χ3v) is 5.12. The van der Waals surface area contributed by atoms with Crippen molar-refractivity contribution in [3.05, 3.63) is 47.3 Å². The molecule has 0 saturated heterocycles. The molecule has 0 radical (unpaired) electrons. The van der Waals surface area contributed by atoms with Crippen molar-refractivity contribution in [3.63, 3.8) is 0 Å². The van der Waals surface area contributed by atoms with Gasteiger partial charge in [0.05, 0.1) is 11.8 Å². The van der Waals surface area contributed by atoms with Gasteiger partial charge in [0.1, 0.15) is 18.2 Å². The standard InChI is InChI=1S/C15H19FN4O3S/c1-23-9-14-17-15-13(6-3-7-20(15)18-14)19-24(21,22)10-11-4-2-5-12(16)8-11/h2,4-5,8,13,19H,3,6-7,9-10H2,1H3. The Kier molecular flexibility index (Phi) is 4.93. The van der Waals surface area contributed by atoms with Crippen LogP contribution in [-0.4, -0.2) is 30.3 Å². The second-order valence-corrected chi connectivity index (χ2v) is 7.50. The average molecular weight is 354 g/mol. The molecule has 2 aromatic rings. The van der Waals surface area contributed by atoms with Gasteiger partial charge in [-0.05, 0) is 30.5 Å². The maximum atomic E-state index is 13.2. The minimum atomic E-state index is -3.63. The van der Waals surface area contributed by atoms with E-state index in [1.54, 1.807) is 17.9 Å². The molecule has 0 spiro atoms. The summed E-state index contributed by atoms with van der Waals surface area (Å²) in [5, 5.41) is 4.31. The molecule has 0 aliphatic carbocycles. The van der Waals surface area contributed by atoms with Crippen LogP contribution in [0.2, 0.25) is 0 Å². The van der Waals surface area contributed by atoms with Gasteiger partial charge in [-0.25, -0.2) is 27.2 Å². The molecule has 0 saturated carbocycles. The van der Waals surface area contributed by atoms with Gasteiger partial charge in [0, 0.05) is 13.7 Å². The first-order valence-corrected chi connectivity index (χ1v) is 9.29. The van der Waals surface area contributed by atoms with Crippen molar-refractivity contribution in [2.75, 3.05) is 7.11 Å². The number of hydrogen-bond acceptors (Lipinski definition) is 5. The van der Waals surface area contributed by atoms with Crippen molar-refractivity contribution in [2.24, 2.45) is 0 Å². The largest absolute Gasteiger partial charge is 0.377 e. The van der Waals surface area contributed by atoms with Crippen molar-refractivity contribution < 1.29 is 17.5 Å². The number of fused-ring (bicyclic) bond motifs is 1. The van der Waals surface area contributed by atoms with Crippen LogP contribution in [0.4, 0.5) is 4.39 Å². The van der Waals surface area contributed by atoms with Gasteiger partial charge in [0.25, 0.3) is 0 Å². The van der Waals surface area contributed by atoms with Crippen LogP contribution in [0, 0.1) is 5.82 Å². The fraction of sp³-hybridized carbons (Fsp3) is 0.467. The van der Waals surface area contributed by atoms with Crippen LogP contribution < -0.4 is 4.72 Å². The first kappa shape index (κ1) is 17.0. The number of methoxy groups -OCH3 is 1. The van der Waals surface area contributed by atoms with E-state index in [1.165, 1.54) is 18.2 Å². The van der Waals surface area contributed by atoms with Crippen molar-refractivity contribution in [2.45, 2.75) is 37.8 Å². The molecule has 0 bridgehead atoms. The summed E-state index contributed by atoms with van der Waals surface area (Å²) in [6.45, 7) is 0.983. The molecule has 1 aliphatic heterocycles. The molecule has 7 nitrogen and oxygen atoms in total. The van der Waals surface area contributed by atoms with E-state index in [4.69, 9.17) is 4.74 Å². The SMILES string of the molecule is COCc1nc2n(n1)CCCC2NS(=O)(=O)Cc1cccc(F)c1. The second-order valence-electron chi connectivity index (χ2n) is 5.74. The highest BCUT2D eigenvalue weighted by molar-refractivity contribution is 7.88. The Morgan fingerprint density at radius 1 is 1.46 bits per heavy atom. The van der Waals surface area contributed by atoms with Gasteiger partial charge in [0.2, 0.25) is 10.0 Å². The molecule has 1 aromatic heterocycles. The number of rotatable bonds is 6. The highest BCUT2D eigenvalue weighted by Crippen LogP contribution is 2.24. The van der Waals surface area contributed by atoms with Crippen LogP contribution in [0.15, 0.2) is 24.3 Å². The third-order valence-electron chi connectivity index (χ3n) is 3.76. The van der Waals surface area contributed by atoms with Gasteiger partial charge in [-0.15, -0.1) is 0 Å². The normalized spacial score (nSPS) is 17.7. The summed E-state index contributed by atoms with van der Waals surface area (Å²) < 4.78 is 47.4. The maximum absolute atomic E-state index is 13.2. The van der Waals surface area contributed by atoms with Crippen LogP contribution in [0.5, 0.6) is 0 Å². The van der Waals surface area contributed by atoms with Gasteiger partial charge in [0.15, 0.2) is 5.82 Å². The minimum absolute atomic E-state index is 0.277. The van der Waals surface area contributed by atoms with Gasteiger partial charge in [-0.1, -0.05) is 12.1 Å². The van der Waals surface area contributed by atoms with Gasteiger partial charge in [-0.3, -0.25) is 0 Å². The van der Waals surface area contributed by atoms with E-state index in [1.807, 2.05) is 0 Å². The summed E-state index contributed by atoms with van der Waals surface area (Å²) in [6, 6.07) is 5.15. The fourth-order valence-electron chi connectivity index (χ4n) is 2.81. The van der Waals surface area contributed by atoms with Crippen LogP contribution >= 0.6 is 0 Å². The number of nitrogens with one attached hydrogen (secondary N) is 1. The predicted molar refractivity (Wildman–Crippen MR) is 84.9 cm³/mol. The molecule has 130 valence electrons. The Morgan fingerprint density at radius 3 is 3.04 bits per heavy atom. The van der Waals surface area contributed by atoms with Crippen LogP contribution in [-0.2, 0) is 33.7 Å². The Balaban J connectivity index is 1.76. The summed E-state index contributed by atoms with van der Waals surface area (Å²) in [4.78, 5) is 4.37.